The van der Waals surface area contributed by atoms with Gasteiger partial charge >= 0.3 is 6.09 Å². The molecular formula is C21H33N3O2. The SMILES string of the molecule is CC(C)(C)OC(=O)N1CC[C@H](CN2CCN(Cc3ccccc3)CC2)C1. The molecule has 1 atom stereocenters. The van der Waals surface area contributed by atoms with Crippen molar-refractivity contribution in [3.05, 3.63) is 35.9 Å². The Morgan fingerprint density at radius 1 is 1.04 bits per heavy atom. The number of ether oxygens (including phenoxy) is 1. The Morgan fingerprint density at radius 2 is 1.69 bits per heavy atom. The van der Waals surface area contributed by atoms with Crippen molar-refractivity contribution >= 4 is 6.09 Å². The summed E-state index contributed by atoms with van der Waals surface area (Å²) in [5.74, 6) is 0.572. The molecule has 0 saturated carbocycles. The highest BCUT2D eigenvalue weighted by Crippen LogP contribution is 2.21. The standard InChI is InChI=1S/C21H33N3O2/c1-21(2,3)26-20(25)24-10-9-19(17-24)16-23-13-11-22(12-14-23)15-18-7-5-4-6-8-18/h4-8,19H,9-17H2,1-3H3/t19-/m1/s1. The van der Waals surface area contributed by atoms with Crippen LogP contribution in [0.1, 0.15) is 32.8 Å². The van der Waals surface area contributed by atoms with Crippen molar-refractivity contribution in [1.29, 1.82) is 0 Å². The van der Waals surface area contributed by atoms with Crippen LogP contribution in [0.5, 0.6) is 0 Å². The van der Waals surface area contributed by atoms with Crippen molar-refractivity contribution in [3.8, 4) is 0 Å². The van der Waals surface area contributed by atoms with E-state index in [1.165, 1.54) is 5.56 Å². The van der Waals surface area contributed by atoms with Gasteiger partial charge in [-0.2, -0.15) is 0 Å². The van der Waals surface area contributed by atoms with Crippen molar-refractivity contribution in [2.75, 3.05) is 45.8 Å². The van der Waals surface area contributed by atoms with Gasteiger partial charge in [-0.05, 0) is 38.7 Å². The van der Waals surface area contributed by atoms with Gasteiger partial charge in [0.1, 0.15) is 5.60 Å². The number of hydrogen-bond acceptors (Lipinski definition) is 4. The van der Waals surface area contributed by atoms with E-state index in [0.29, 0.717) is 5.92 Å². The number of nitrogens with zero attached hydrogens (tertiary/aromatic N) is 3. The van der Waals surface area contributed by atoms with Crippen LogP contribution >= 0.6 is 0 Å². The number of hydrogen-bond donors (Lipinski definition) is 0. The third kappa shape index (κ3) is 5.71. The van der Waals surface area contributed by atoms with Crippen molar-refractivity contribution < 1.29 is 9.53 Å². The van der Waals surface area contributed by atoms with Crippen LogP contribution in [0.4, 0.5) is 4.79 Å². The van der Waals surface area contributed by atoms with Gasteiger partial charge in [-0.1, -0.05) is 30.3 Å². The van der Waals surface area contributed by atoms with Crippen LogP contribution in [0.3, 0.4) is 0 Å². The predicted molar refractivity (Wildman–Crippen MR) is 104 cm³/mol. The monoisotopic (exact) mass is 359 g/mol. The lowest BCUT2D eigenvalue weighted by molar-refractivity contribution is 0.0282. The van der Waals surface area contributed by atoms with Crippen molar-refractivity contribution in [2.24, 2.45) is 5.92 Å². The fraction of sp³-hybridized carbons (Fsp3) is 0.667. The van der Waals surface area contributed by atoms with E-state index in [2.05, 4.69) is 40.1 Å². The molecule has 26 heavy (non-hydrogen) atoms. The topological polar surface area (TPSA) is 36.0 Å². The normalized spacial score (nSPS) is 22.6. The highest BCUT2D eigenvalue weighted by molar-refractivity contribution is 5.68. The van der Waals surface area contributed by atoms with Gasteiger partial charge in [0.15, 0.2) is 0 Å². The Bertz CT molecular complexity index is 577. The van der Waals surface area contributed by atoms with Gasteiger partial charge in [0.05, 0.1) is 0 Å². The quantitative estimate of drug-likeness (QED) is 0.828. The first-order chi connectivity index (χ1) is 12.4. The summed E-state index contributed by atoms with van der Waals surface area (Å²) < 4.78 is 5.50. The van der Waals surface area contributed by atoms with Gasteiger partial charge < -0.3 is 14.5 Å². The number of piperazine rings is 1. The first kappa shape index (κ1) is 19.2. The van der Waals surface area contributed by atoms with Gasteiger partial charge in [-0.3, -0.25) is 4.90 Å². The summed E-state index contributed by atoms with van der Waals surface area (Å²) in [6.45, 7) is 14.1. The van der Waals surface area contributed by atoms with Gasteiger partial charge in [-0.25, -0.2) is 4.79 Å². The largest absolute Gasteiger partial charge is 0.444 e. The Labute approximate surface area is 157 Å². The minimum absolute atomic E-state index is 0.160. The molecule has 1 aromatic carbocycles. The van der Waals surface area contributed by atoms with Gasteiger partial charge in [-0.15, -0.1) is 0 Å². The molecule has 0 radical (unpaired) electrons. The molecule has 0 bridgehead atoms. The maximum absolute atomic E-state index is 12.2. The van der Waals surface area contributed by atoms with E-state index in [1.807, 2.05) is 25.7 Å². The molecule has 0 unspecified atom stereocenters. The lowest BCUT2D eigenvalue weighted by atomic mass is 10.1. The van der Waals surface area contributed by atoms with Crippen LogP contribution in [0.15, 0.2) is 30.3 Å². The molecule has 1 amide bonds. The lowest BCUT2D eigenvalue weighted by Crippen LogP contribution is -2.47. The fourth-order valence-corrected chi connectivity index (χ4v) is 3.81. The zero-order valence-electron chi connectivity index (χ0n) is 16.5. The molecule has 144 valence electrons. The van der Waals surface area contributed by atoms with Crippen LogP contribution < -0.4 is 0 Å². The second-order valence-corrected chi connectivity index (χ2v) is 8.64. The molecule has 5 nitrogen and oxygen atoms in total. The first-order valence-electron chi connectivity index (χ1n) is 9.85. The maximum Gasteiger partial charge on any atom is 0.410 e. The Balaban J connectivity index is 1.38. The molecule has 2 heterocycles. The molecular weight excluding hydrogens is 326 g/mol. The Morgan fingerprint density at radius 3 is 2.35 bits per heavy atom. The van der Waals surface area contributed by atoms with E-state index in [-0.39, 0.29) is 6.09 Å². The van der Waals surface area contributed by atoms with Crippen molar-refractivity contribution in [2.45, 2.75) is 39.3 Å². The summed E-state index contributed by atoms with van der Waals surface area (Å²) in [6, 6.07) is 10.7. The number of carbonyl (C=O) groups is 1. The zero-order valence-corrected chi connectivity index (χ0v) is 16.5. The highest BCUT2D eigenvalue weighted by atomic mass is 16.6. The summed E-state index contributed by atoms with van der Waals surface area (Å²) >= 11 is 0. The van der Waals surface area contributed by atoms with Gasteiger partial charge in [0.25, 0.3) is 0 Å². The second-order valence-electron chi connectivity index (χ2n) is 8.64. The third-order valence-electron chi connectivity index (χ3n) is 5.17. The number of rotatable bonds is 4. The molecule has 5 heteroatoms. The van der Waals surface area contributed by atoms with Gasteiger partial charge in [0, 0.05) is 52.4 Å². The van der Waals surface area contributed by atoms with E-state index in [0.717, 1.165) is 58.8 Å². The van der Waals surface area contributed by atoms with Crippen LogP contribution in [-0.2, 0) is 11.3 Å². The highest BCUT2D eigenvalue weighted by Gasteiger charge is 2.31. The maximum atomic E-state index is 12.2. The summed E-state index contributed by atoms with van der Waals surface area (Å²) in [4.78, 5) is 19.2. The van der Waals surface area contributed by atoms with E-state index >= 15 is 0 Å². The summed E-state index contributed by atoms with van der Waals surface area (Å²) in [5, 5.41) is 0. The fourth-order valence-electron chi connectivity index (χ4n) is 3.81. The minimum Gasteiger partial charge on any atom is -0.444 e. The number of amides is 1. The average molecular weight is 360 g/mol. The summed E-state index contributed by atoms with van der Waals surface area (Å²) in [6.07, 6.45) is 0.927. The molecule has 0 N–H and O–H groups in total. The zero-order chi connectivity index (χ0) is 18.6. The average Bonchev–Trinajstić information content (AvgIpc) is 3.05. The molecule has 2 aliphatic heterocycles. The molecule has 2 aliphatic rings. The van der Waals surface area contributed by atoms with E-state index in [4.69, 9.17) is 4.74 Å². The molecule has 3 rings (SSSR count). The Hall–Kier alpha value is -1.59. The van der Waals surface area contributed by atoms with Crippen molar-refractivity contribution in [1.82, 2.24) is 14.7 Å². The molecule has 0 spiro atoms. The van der Waals surface area contributed by atoms with Crippen LogP contribution in [-0.4, -0.2) is 72.2 Å². The number of benzene rings is 1. The predicted octanol–water partition coefficient (Wildman–Crippen LogP) is 3.06. The molecule has 0 aromatic heterocycles. The van der Waals surface area contributed by atoms with Gasteiger partial charge in [0.2, 0.25) is 0 Å². The summed E-state index contributed by atoms with van der Waals surface area (Å²) in [5.41, 5.74) is 0.981. The third-order valence-corrected chi connectivity index (χ3v) is 5.17. The van der Waals surface area contributed by atoms with Crippen LogP contribution in [0, 0.1) is 5.92 Å². The smallest absolute Gasteiger partial charge is 0.410 e. The van der Waals surface area contributed by atoms with E-state index in [9.17, 15) is 4.79 Å². The molecule has 1 aromatic rings. The minimum atomic E-state index is -0.412. The van der Waals surface area contributed by atoms with Crippen LogP contribution in [0.25, 0.3) is 0 Å². The molecule has 2 saturated heterocycles. The van der Waals surface area contributed by atoms with E-state index < -0.39 is 5.60 Å². The van der Waals surface area contributed by atoms with Crippen molar-refractivity contribution in [3.63, 3.8) is 0 Å². The molecule has 2 fully saturated rings. The van der Waals surface area contributed by atoms with Crippen LogP contribution in [0.2, 0.25) is 0 Å². The molecule has 0 aliphatic carbocycles. The number of likely N-dealkylation sites (tertiary alicyclic amines) is 1. The second kappa shape index (κ2) is 8.40. The number of carbonyl (C=O) groups excluding carboxylic acids is 1. The Kier molecular flexibility index (Phi) is 6.20. The first-order valence-corrected chi connectivity index (χ1v) is 9.85. The lowest BCUT2D eigenvalue weighted by Gasteiger charge is -2.36. The summed E-state index contributed by atoms with van der Waals surface area (Å²) in [7, 11) is 0. The van der Waals surface area contributed by atoms with E-state index in [1.54, 1.807) is 0 Å².